The molecule has 2 aliphatic rings. The molecule has 0 bridgehead atoms. The molecule has 3 nitrogen and oxygen atoms in total. The Morgan fingerprint density at radius 2 is 1.32 bits per heavy atom. The zero-order valence-corrected chi connectivity index (χ0v) is 20.4. The van der Waals surface area contributed by atoms with Gasteiger partial charge in [0.2, 0.25) is 0 Å². The van der Waals surface area contributed by atoms with Crippen LogP contribution in [0.2, 0.25) is 0 Å². The van der Waals surface area contributed by atoms with Crippen LogP contribution >= 0.6 is 0 Å². The van der Waals surface area contributed by atoms with Crippen molar-refractivity contribution in [3.8, 4) is 0 Å². The van der Waals surface area contributed by atoms with Gasteiger partial charge >= 0.3 is 0 Å². The van der Waals surface area contributed by atoms with Gasteiger partial charge in [0.25, 0.3) is 0 Å². The van der Waals surface area contributed by atoms with E-state index in [-0.39, 0.29) is 6.17 Å². The van der Waals surface area contributed by atoms with Crippen LogP contribution in [-0.2, 0) is 0 Å². The SMILES string of the molecule is C1=CC(C2=Nc3ccccc3NC2n2c3ccc4ccccc4c3c3c4ccccc4ccc32)=CCC1. The zero-order valence-electron chi connectivity index (χ0n) is 20.4. The highest BCUT2D eigenvalue weighted by atomic mass is 15.2. The van der Waals surface area contributed by atoms with Crippen molar-refractivity contribution >= 4 is 60.4 Å². The van der Waals surface area contributed by atoms with E-state index >= 15 is 0 Å². The standard InChI is InChI=1S/C34H25N3/c1-2-12-24(13-3-1)33-34(36-28-17-9-8-16-27(28)35-33)37-29-20-18-22-10-4-6-14-25(22)31(29)32-26-15-7-5-11-23(26)19-21-30(32)37/h2,4-21,34,36H,1,3H2. The Bertz CT molecular complexity index is 1880. The molecule has 1 unspecified atom stereocenters. The Morgan fingerprint density at radius 1 is 0.676 bits per heavy atom. The highest BCUT2D eigenvalue weighted by Crippen LogP contribution is 2.43. The van der Waals surface area contributed by atoms with E-state index < -0.39 is 0 Å². The Morgan fingerprint density at radius 3 is 2.00 bits per heavy atom. The van der Waals surface area contributed by atoms with E-state index in [0.717, 1.165) is 29.9 Å². The summed E-state index contributed by atoms with van der Waals surface area (Å²) in [5.41, 5.74) is 6.76. The van der Waals surface area contributed by atoms with E-state index in [0.29, 0.717) is 0 Å². The summed E-state index contributed by atoms with van der Waals surface area (Å²) < 4.78 is 2.47. The Balaban J connectivity index is 1.51. The maximum absolute atomic E-state index is 5.26. The van der Waals surface area contributed by atoms with Crippen molar-refractivity contribution in [2.45, 2.75) is 19.0 Å². The fourth-order valence-corrected chi connectivity index (χ4v) is 6.17. The summed E-state index contributed by atoms with van der Waals surface area (Å²) >= 11 is 0. The van der Waals surface area contributed by atoms with Gasteiger partial charge in [-0.1, -0.05) is 91.0 Å². The number of allylic oxidation sites excluding steroid dienone is 3. The number of hydrogen-bond acceptors (Lipinski definition) is 2. The van der Waals surface area contributed by atoms with E-state index in [4.69, 9.17) is 4.99 Å². The summed E-state index contributed by atoms with van der Waals surface area (Å²) in [6, 6.07) is 34.9. The number of nitrogens with zero attached hydrogens (tertiary/aromatic N) is 2. The van der Waals surface area contributed by atoms with Gasteiger partial charge in [0.05, 0.1) is 28.1 Å². The lowest BCUT2D eigenvalue weighted by atomic mass is 9.98. The molecule has 5 aromatic carbocycles. The Labute approximate surface area is 215 Å². The average molecular weight is 476 g/mol. The second-order valence-corrected chi connectivity index (χ2v) is 9.93. The van der Waals surface area contributed by atoms with Gasteiger partial charge in [-0.2, -0.15) is 0 Å². The molecule has 0 saturated heterocycles. The van der Waals surface area contributed by atoms with Crippen LogP contribution in [0.15, 0.2) is 126 Å². The average Bonchev–Trinajstić information content (AvgIpc) is 3.32. The molecule has 1 aliphatic heterocycles. The third kappa shape index (κ3) is 3.04. The quantitative estimate of drug-likeness (QED) is 0.266. The zero-order chi connectivity index (χ0) is 24.3. The maximum atomic E-state index is 5.26. The fourth-order valence-electron chi connectivity index (χ4n) is 6.17. The topological polar surface area (TPSA) is 29.3 Å². The van der Waals surface area contributed by atoms with Gasteiger partial charge in [-0.25, -0.2) is 4.99 Å². The van der Waals surface area contributed by atoms with Crippen LogP contribution in [0.1, 0.15) is 19.0 Å². The molecule has 8 rings (SSSR count). The minimum Gasteiger partial charge on any atom is -0.358 e. The van der Waals surface area contributed by atoms with E-state index in [1.54, 1.807) is 0 Å². The normalized spacial score (nSPS) is 17.1. The monoisotopic (exact) mass is 475 g/mol. The van der Waals surface area contributed by atoms with E-state index in [1.165, 1.54) is 48.9 Å². The van der Waals surface area contributed by atoms with Crippen LogP contribution in [0.25, 0.3) is 43.4 Å². The second-order valence-electron chi connectivity index (χ2n) is 9.93. The predicted octanol–water partition coefficient (Wildman–Crippen LogP) is 9.07. The molecule has 1 aromatic heterocycles. The third-order valence-corrected chi connectivity index (χ3v) is 7.83. The van der Waals surface area contributed by atoms with Crippen molar-refractivity contribution in [2.75, 3.05) is 5.32 Å². The Kier molecular flexibility index (Phi) is 4.41. The highest BCUT2D eigenvalue weighted by Gasteiger charge is 2.29. The first kappa shape index (κ1) is 20.6. The minimum atomic E-state index is -0.133. The predicted molar refractivity (Wildman–Crippen MR) is 157 cm³/mol. The molecule has 0 spiro atoms. The molecule has 0 fully saturated rings. The summed E-state index contributed by atoms with van der Waals surface area (Å²) in [6.07, 6.45) is 8.83. The van der Waals surface area contributed by atoms with Crippen molar-refractivity contribution in [1.82, 2.24) is 4.57 Å². The van der Waals surface area contributed by atoms with E-state index in [1.807, 2.05) is 0 Å². The third-order valence-electron chi connectivity index (χ3n) is 7.83. The molecule has 1 aliphatic carbocycles. The molecule has 1 N–H and O–H groups in total. The van der Waals surface area contributed by atoms with Crippen molar-refractivity contribution in [3.63, 3.8) is 0 Å². The number of rotatable bonds is 2. The summed E-state index contributed by atoms with van der Waals surface area (Å²) in [6.45, 7) is 0. The summed E-state index contributed by atoms with van der Waals surface area (Å²) in [5.74, 6) is 0. The number of aromatic nitrogens is 1. The van der Waals surface area contributed by atoms with Crippen LogP contribution in [-0.4, -0.2) is 10.3 Å². The number of para-hydroxylation sites is 2. The largest absolute Gasteiger partial charge is 0.358 e. The van der Waals surface area contributed by atoms with Crippen molar-refractivity contribution in [2.24, 2.45) is 4.99 Å². The molecule has 6 aromatic rings. The number of aliphatic imine (C=N–C) groups is 1. The molecule has 1 atom stereocenters. The lowest BCUT2D eigenvalue weighted by Crippen LogP contribution is -2.30. The lowest BCUT2D eigenvalue weighted by Gasteiger charge is -2.31. The molecule has 3 heteroatoms. The first-order valence-corrected chi connectivity index (χ1v) is 13.0. The molecule has 2 heterocycles. The van der Waals surface area contributed by atoms with Gasteiger partial charge in [-0.05, 0) is 64.2 Å². The van der Waals surface area contributed by atoms with Crippen LogP contribution in [0, 0.1) is 0 Å². The molecule has 0 radical (unpaired) electrons. The molecule has 0 saturated carbocycles. The van der Waals surface area contributed by atoms with Gasteiger partial charge in [-0.15, -0.1) is 0 Å². The van der Waals surface area contributed by atoms with Crippen molar-refractivity contribution in [1.29, 1.82) is 0 Å². The highest BCUT2D eigenvalue weighted by molar-refractivity contribution is 6.28. The molecule has 0 amide bonds. The van der Waals surface area contributed by atoms with Gasteiger partial charge < -0.3 is 9.88 Å². The van der Waals surface area contributed by atoms with Crippen molar-refractivity contribution in [3.05, 3.63) is 121 Å². The summed E-state index contributed by atoms with van der Waals surface area (Å²) in [4.78, 5) is 5.26. The van der Waals surface area contributed by atoms with Gasteiger partial charge in [0, 0.05) is 10.8 Å². The summed E-state index contributed by atoms with van der Waals surface area (Å²) in [5, 5.41) is 11.6. The summed E-state index contributed by atoms with van der Waals surface area (Å²) in [7, 11) is 0. The number of nitrogens with one attached hydrogen (secondary N) is 1. The Hall–Kier alpha value is -4.63. The first-order valence-electron chi connectivity index (χ1n) is 13.0. The number of anilines is 1. The van der Waals surface area contributed by atoms with Crippen LogP contribution in [0.4, 0.5) is 11.4 Å². The maximum Gasteiger partial charge on any atom is 0.148 e. The number of benzene rings is 5. The molecular formula is C34H25N3. The lowest BCUT2D eigenvalue weighted by molar-refractivity contribution is 0.758. The molecular weight excluding hydrogens is 450 g/mol. The number of hydrogen-bond donors (Lipinski definition) is 1. The van der Waals surface area contributed by atoms with Gasteiger partial charge in [0.15, 0.2) is 0 Å². The van der Waals surface area contributed by atoms with Crippen LogP contribution < -0.4 is 5.32 Å². The molecule has 176 valence electrons. The smallest absolute Gasteiger partial charge is 0.148 e. The minimum absolute atomic E-state index is 0.133. The van der Waals surface area contributed by atoms with E-state index in [9.17, 15) is 0 Å². The first-order chi connectivity index (χ1) is 18.4. The van der Waals surface area contributed by atoms with Gasteiger partial charge in [-0.3, -0.25) is 0 Å². The number of fused-ring (bicyclic) bond motifs is 8. The fraction of sp³-hybridized carbons (Fsp3) is 0.0882. The van der Waals surface area contributed by atoms with Crippen LogP contribution in [0.5, 0.6) is 0 Å². The van der Waals surface area contributed by atoms with Crippen molar-refractivity contribution < 1.29 is 0 Å². The van der Waals surface area contributed by atoms with Gasteiger partial charge in [0.1, 0.15) is 6.17 Å². The van der Waals surface area contributed by atoms with E-state index in [2.05, 4.69) is 125 Å². The second kappa shape index (κ2) is 7.94. The molecule has 37 heavy (non-hydrogen) atoms. The van der Waals surface area contributed by atoms with Crippen LogP contribution in [0.3, 0.4) is 0 Å².